The van der Waals surface area contributed by atoms with Gasteiger partial charge in [0.05, 0.1) is 11.5 Å². The van der Waals surface area contributed by atoms with Crippen molar-refractivity contribution in [1.82, 2.24) is 4.90 Å². The Bertz CT molecular complexity index is 531. The first-order valence-electron chi connectivity index (χ1n) is 6.28. The fraction of sp³-hybridized carbons (Fsp3) is 0.462. The van der Waals surface area contributed by atoms with E-state index in [4.69, 9.17) is 4.74 Å². The van der Waals surface area contributed by atoms with Crippen molar-refractivity contribution in [3.63, 3.8) is 0 Å². The Hall–Kier alpha value is -2.02. The van der Waals surface area contributed by atoms with Crippen molar-refractivity contribution in [2.24, 2.45) is 0 Å². The lowest BCUT2D eigenvalue weighted by Gasteiger charge is -2.22. The molecule has 1 aliphatic carbocycles. The molecule has 0 bridgehead atoms. The molecular formula is C13H15FN2O4. The van der Waals surface area contributed by atoms with Crippen LogP contribution < -0.4 is 0 Å². The predicted molar refractivity (Wildman–Crippen MR) is 69.0 cm³/mol. The predicted octanol–water partition coefficient (Wildman–Crippen LogP) is 1.98. The number of carbonyl (C=O) groups excluding carboxylic acids is 1. The van der Waals surface area contributed by atoms with Crippen LogP contribution in [0.1, 0.15) is 23.2 Å². The Morgan fingerprint density at radius 2 is 2.25 bits per heavy atom. The molecule has 0 aliphatic heterocycles. The highest BCUT2D eigenvalue weighted by Gasteiger charge is 2.33. The van der Waals surface area contributed by atoms with Crippen LogP contribution in [-0.4, -0.2) is 42.0 Å². The van der Waals surface area contributed by atoms with Crippen molar-refractivity contribution in [3.8, 4) is 0 Å². The highest BCUT2D eigenvalue weighted by atomic mass is 19.1. The molecule has 0 radical (unpaired) electrons. The van der Waals surface area contributed by atoms with E-state index in [0.29, 0.717) is 13.2 Å². The number of benzene rings is 1. The van der Waals surface area contributed by atoms with Crippen molar-refractivity contribution >= 4 is 11.6 Å². The van der Waals surface area contributed by atoms with Gasteiger partial charge in [-0.05, 0) is 25.0 Å². The molecule has 6 nitrogen and oxygen atoms in total. The molecule has 0 aromatic heterocycles. The van der Waals surface area contributed by atoms with Crippen molar-refractivity contribution in [2.75, 3.05) is 20.3 Å². The number of carbonyl (C=O) groups is 1. The van der Waals surface area contributed by atoms with Gasteiger partial charge in [0.25, 0.3) is 5.91 Å². The average Bonchev–Trinajstić information content (AvgIpc) is 3.23. The number of nitro benzene ring substituents is 1. The van der Waals surface area contributed by atoms with Gasteiger partial charge in [0, 0.05) is 31.3 Å². The largest absolute Gasteiger partial charge is 0.383 e. The third-order valence-corrected chi connectivity index (χ3v) is 3.18. The molecule has 0 unspecified atom stereocenters. The number of halogens is 1. The molecule has 0 N–H and O–H groups in total. The minimum Gasteiger partial charge on any atom is -0.383 e. The Labute approximate surface area is 115 Å². The number of amides is 1. The van der Waals surface area contributed by atoms with Gasteiger partial charge in [-0.25, -0.2) is 0 Å². The van der Waals surface area contributed by atoms with Crippen LogP contribution in [0.5, 0.6) is 0 Å². The zero-order valence-electron chi connectivity index (χ0n) is 11.0. The van der Waals surface area contributed by atoms with Gasteiger partial charge >= 0.3 is 5.69 Å². The van der Waals surface area contributed by atoms with Crippen LogP contribution in [0.3, 0.4) is 0 Å². The summed E-state index contributed by atoms with van der Waals surface area (Å²) in [6.07, 6.45) is 1.84. The van der Waals surface area contributed by atoms with E-state index in [9.17, 15) is 19.3 Å². The zero-order chi connectivity index (χ0) is 14.7. The van der Waals surface area contributed by atoms with Gasteiger partial charge in [0.15, 0.2) is 0 Å². The second-order valence-corrected chi connectivity index (χ2v) is 4.65. The van der Waals surface area contributed by atoms with Crippen LogP contribution >= 0.6 is 0 Å². The van der Waals surface area contributed by atoms with Crippen molar-refractivity contribution in [1.29, 1.82) is 0 Å². The first-order valence-corrected chi connectivity index (χ1v) is 6.28. The van der Waals surface area contributed by atoms with Gasteiger partial charge in [-0.1, -0.05) is 0 Å². The SMILES string of the molecule is COCCN(C(=O)c1ccc([N+](=O)[O-])c(F)c1)C1CC1. The van der Waals surface area contributed by atoms with Gasteiger partial charge in [0.2, 0.25) is 5.82 Å². The summed E-state index contributed by atoms with van der Waals surface area (Å²) in [5, 5.41) is 10.6. The molecule has 1 amide bonds. The second-order valence-electron chi connectivity index (χ2n) is 4.65. The van der Waals surface area contributed by atoms with E-state index in [-0.39, 0.29) is 17.5 Å². The maximum atomic E-state index is 13.6. The maximum absolute atomic E-state index is 13.6. The minimum absolute atomic E-state index is 0.121. The molecule has 0 spiro atoms. The Kier molecular flexibility index (Phi) is 4.29. The molecule has 108 valence electrons. The van der Waals surface area contributed by atoms with Crippen LogP contribution in [0.2, 0.25) is 0 Å². The molecule has 1 saturated carbocycles. The molecule has 0 atom stereocenters. The fourth-order valence-corrected chi connectivity index (χ4v) is 1.98. The monoisotopic (exact) mass is 282 g/mol. The Balaban J connectivity index is 2.18. The lowest BCUT2D eigenvalue weighted by Crippen LogP contribution is -2.35. The maximum Gasteiger partial charge on any atom is 0.304 e. The lowest BCUT2D eigenvalue weighted by atomic mass is 10.1. The smallest absolute Gasteiger partial charge is 0.304 e. The van der Waals surface area contributed by atoms with E-state index >= 15 is 0 Å². The van der Waals surface area contributed by atoms with E-state index in [1.54, 1.807) is 12.0 Å². The molecule has 1 aromatic rings. The van der Waals surface area contributed by atoms with Crippen molar-refractivity contribution in [3.05, 3.63) is 39.7 Å². The van der Waals surface area contributed by atoms with E-state index in [1.807, 2.05) is 0 Å². The topological polar surface area (TPSA) is 72.7 Å². The van der Waals surface area contributed by atoms with E-state index in [1.165, 1.54) is 6.07 Å². The number of nitro groups is 1. The molecule has 1 aromatic carbocycles. The molecule has 7 heteroatoms. The Morgan fingerprint density at radius 1 is 1.55 bits per heavy atom. The number of methoxy groups -OCH3 is 1. The minimum atomic E-state index is -0.997. The molecule has 0 saturated heterocycles. The molecule has 1 fully saturated rings. The quantitative estimate of drug-likeness (QED) is 0.590. The summed E-state index contributed by atoms with van der Waals surface area (Å²) >= 11 is 0. The number of hydrogen-bond acceptors (Lipinski definition) is 4. The van der Waals surface area contributed by atoms with Crippen LogP contribution in [0.15, 0.2) is 18.2 Å². The number of nitrogens with zero attached hydrogens (tertiary/aromatic N) is 2. The summed E-state index contributed by atoms with van der Waals surface area (Å²) < 4.78 is 18.5. The average molecular weight is 282 g/mol. The third kappa shape index (κ3) is 3.11. The summed E-state index contributed by atoms with van der Waals surface area (Å²) in [7, 11) is 1.54. The van der Waals surface area contributed by atoms with Crippen LogP contribution in [0, 0.1) is 15.9 Å². The molecular weight excluding hydrogens is 267 g/mol. The summed E-state index contributed by atoms with van der Waals surface area (Å²) in [5.74, 6) is -1.32. The highest BCUT2D eigenvalue weighted by molar-refractivity contribution is 5.94. The molecule has 0 heterocycles. The van der Waals surface area contributed by atoms with Crippen LogP contribution in [0.25, 0.3) is 0 Å². The van der Waals surface area contributed by atoms with Gasteiger partial charge in [-0.3, -0.25) is 14.9 Å². The summed E-state index contributed by atoms with van der Waals surface area (Å²) in [4.78, 5) is 23.7. The molecule has 20 heavy (non-hydrogen) atoms. The second kappa shape index (κ2) is 5.96. The van der Waals surface area contributed by atoms with Gasteiger partial charge < -0.3 is 9.64 Å². The Morgan fingerprint density at radius 3 is 2.75 bits per heavy atom. The van der Waals surface area contributed by atoms with Crippen LogP contribution in [0.4, 0.5) is 10.1 Å². The fourth-order valence-electron chi connectivity index (χ4n) is 1.98. The molecule has 2 rings (SSSR count). The van der Waals surface area contributed by atoms with Gasteiger partial charge in [-0.15, -0.1) is 0 Å². The first kappa shape index (κ1) is 14.4. The molecule has 1 aliphatic rings. The lowest BCUT2D eigenvalue weighted by molar-refractivity contribution is -0.387. The number of rotatable bonds is 6. The highest BCUT2D eigenvalue weighted by Crippen LogP contribution is 2.28. The standard InChI is InChI=1S/C13H15FN2O4/c1-20-7-6-15(10-3-4-10)13(17)9-2-5-12(16(18)19)11(14)8-9/h2,5,8,10H,3-4,6-7H2,1H3. The van der Waals surface area contributed by atoms with Gasteiger partial charge in [0.1, 0.15) is 0 Å². The zero-order valence-corrected chi connectivity index (χ0v) is 11.0. The summed E-state index contributed by atoms with van der Waals surface area (Å²) in [5.41, 5.74) is -0.507. The normalized spacial score (nSPS) is 14.1. The summed E-state index contributed by atoms with van der Waals surface area (Å²) in [6.45, 7) is 0.830. The number of hydrogen-bond donors (Lipinski definition) is 0. The first-order chi connectivity index (χ1) is 9.54. The van der Waals surface area contributed by atoms with Crippen molar-refractivity contribution < 1.29 is 18.8 Å². The van der Waals surface area contributed by atoms with E-state index in [0.717, 1.165) is 25.0 Å². The van der Waals surface area contributed by atoms with E-state index < -0.39 is 16.4 Å². The summed E-state index contributed by atoms with van der Waals surface area (Å²) in [6, 6.07) is 3.38. The van der Waals surface area contributed by atoms with Crippen LogP contribution in [-0.2, 0) is 4.74 Å². The van der Waals surface area contributed by atoms with E-state index in [2.05, 4.69) is 0 Å². The number of ether oxygens (including phenoxy) is 1. The van der Waals surface area contributed by atoms with Crippen molar-refractivity contribution in [2.45, 2.75) is 18.9 Å². The third-order valence-electron chi connectivity index (χ3n) is 3.18. The van der Waals surface area contributed by atoms with Gasteiger partial charge in [-0.2, -0.15) is 4.39 Å².